The highest BCUT2D eigenvalue weighted by Crippen LogP contribution is 2.29. The Kier molecular flexibility index (Phi) is 7.98. The number of rotatable bonds is 8. The summed E-state index contributed by atoms with van der Waals surface area (Å²) in [5.41, 5.74) is 2.34. The number of aromatic nitrogens is 2. The first-order valence-corrected chi connectivity index (χ1v) is 10.8. The van der Waals surface area contributed by atoms with Crippen molar-refractivity contribution < 1.29 is 22.4 Å². The summed E-state index contributed by atoms with van der Waals surface area (Å²) in [5, 5.41) is 5.98. The molecule has 1 amide bonds. The van der Waals surface area contributed by atoms with Crippen LogP contribution in [0.25, 0.3) is 0 Å². The number of hydrogen-bond acceptors (Lipinski definition) is 4. The standard InChI is InChI=1S/C25H26F4N4O/c1-15-12-18(8-9-20(15)26)21(10-5-17-6-11-22(32-13-17)25(27,28)29)33-23(24(34)30-3)19-7-4-16(2)31-14-19/h4,6-9,11-14,21,23,33H,5,10H2,1-3H3,(H,30,34)/t21?,23-/m0/s1. The summed E-state index contributed by atoms with van der Waals surface area (Å²) >= 11 is 0. The Hall–Kier alpha value is -3.33. The summed E-state index contributed by atoms with van der Waals surface area (Å²) in [6.07, 6.45) is -0.848. The van der Waals surface area contributed by atoms with E-state index in [2.05, 4.69) is 20.6 Å². The van der Waals surface area contributed by atoms with Gasteiger partial charge in [0.2, 0.25) is 5.91 Å². The minimum Gasteiger partial charge on any atom is -0.358 e. The van der Waals surface area contributed by atoms with E-state index in [4.69, 9.17) is 0 Å². The molecule has 0 spiro atoms. The first-order chi connectivity index (χ1) is 16.1. The molecule has 0 aliphatic rings. The molecule has 2 atom stereocenters. The lowest BCUT2D eigenvalue weighted by atomic mass is 9.96. The van der Waals surface area contributed by atoms with Gasteiger partial charge in [0.1, 0.15) is 17.6 Å². The van der Waals surface area contributed by atoms with Crippen LogP contribution < -0.4 is 10.6 Å². The van der Waals surface area contributed by atoms with Crippen molar-refractivity contribution in [1.29, 1.82) is 0 Å². The van der Waals surface area contributed by atoms with Gasteiger partial charge in [-0.3, -0.25) is 20.1 Å². The molecule has 3 aromatic rings. The quantitative estimate of drug-likeness (QED) is 0.451. The number of halogens is 4. The predicted octanol–water partition coefficient (Wildman–Crippen LogP) is 5.00. The van der Waals surface area contributed by atoms with Crippen LogP contribution in [0, 0.1) is 19.7 Å². The fourth-order valence-corrected chi connectivity index (χ4v) is 3.60. The van der Waals surface area contributed by atoms with Crippen LogP contribution in [0.1, 0.15) is 52.1 Å². The van der Waals surface area contributed by atoms with Gasteiger partial charge in [-0.2, -0.15) is 13.2 Å². The zero-order valence-corrected chi connectivity index (χ0v) is 19.1. The van der Waals surface area contributed by atoms with Crippen LogP contribution in [0.2, 0.25) is 0 Å². The molecule has 0 aliphatic carbocycles. The molecule has 0 radical (unpaired) electrons. The van der Waals surface area contributed by atoms with E-state index in [1.807, 2.05) is 13.0 Å². The predicted molar refractivity (Wildman–Crippen MR) is 120 cm³/mol. The van der Waals surface area contributed by atoms with Crippen molar-refractivity contribution in [1.82, 2.24) is 20.6 Å². The number of carbonyl (C=O) groups excluding carboxylic acids is 1. The van der Waals surface area contributed by atoms with Gasteiger partial charge < -0.3 is 5.32 Å². The average molecular weight is 475 g/mol. The van der Waals surface area contributed by atoms with Crippen molar-refractivity contribution in [3.05, 3.63) is 94.3 Å². The number of nitrogens with one attached hydrogen (secondary N) is 2. The molecule has 0 fully saturated rings. The van der Waals surface area contributed by atoms with Crippen molar-refractivity contribution in [3.8, 4) is 0 Å². The number of nitrogens with zero attached hydrogens (tertiary/aromatic N) is 2. The van der Waals surface area contributed by atoms with E-state index in [1.165, 1.54) is 25.4 Å². The molecule has 1 aromatic carbocycles. The van der Waals surface area contributed by atoms with Crippen molar-refractivity contribution in [2.24, 2.45) is 0 Å². The van der Waals surface area contributed by atoms with Gasteiger partial charge in [0.25, 0.3) is 0 Å². The van der Waals surface area contributed by atoms with E-state index in [0.29, 0.717) is 29.5 Å². The maximum atomic E-state index is 13.9. The van der Waals surface area contributed by atoms with Gasteiger partial charge in [-0.25, -0.2) is 4.39 Å². The second-order valence-corrected chi connectivity index (χ2v) is 8.10. The van der Waals surface area contributed by atoms with E-state index in [-0.39, 0.29) is 11.7 Å². The Balaban J connectivity index is 1.88. The molecule has 34 heavy (non-hydrogen) atoms. The van der Waals surface area contributed by atoms with Crippen molar-refractivity contribution in [2.45, 2.75) is 44.9 Å². The Morgan fingerprint density at radius 1 is 1.00 bits per heavy atom. The van der Waals surface area contributed by atoms with Crippen LogP contribution in [0.5, 0.6) is 0 Å². The zero-order valence-electron chi connectivity index (χ0n) is 19.1. The summed E-state index contributed by atoms with van der Waals surface area (Å²) in [7, 11) is 1.53. The fourth-order valence-electron chi connectivity index (χ4n) is 3.60. The molecule has 2 heterocycles. The minimum absolute atomic E-state index is 0.273. The number of carbonyl (C=O) groups is 1. The zero-order chi connectivity index (χ0) is 24.9. The lowest BCUT2D eigenvalue weighted by molar-refractivity contribution is -0.141. The van der Waals surface area contributed by atoms with Crippen molar-refractivity contribution >= 4 is 5.91 Å². The van der Waals surface area contributed by atoms with Gasteiger partial charge in [-0.15, -0.1) is 0 Å². The Morgan fingerprint density at radius 2 is 1.74 bits per heavy atom. The van der Waals surface area contributed by atoms with E-state index >= 15 is 0 Å². The number of alkyl halides is 3. The molecule has 0 bridgehead atoms. The molecule has 9 heteroatoms. The largest absolute Gasteiger partial charge is 0.433 e. The van der Waals surface area contributed by atoms with E-state index in [1.54, 1.807) is 31.3 Å². The number of benzene rings is 1. The van der Waals surface area contributed by atoms with E-state index in [0.717, 1.165) is 17.3 Å². The summed E-state index contributed by atoms with van der Waals surface area (Å²) in [5.74, 6) is -0.620. The summed E-state index contributed by atoms with van der Waals surface area (Å²) < 4.78 is 52.4. The average Bonchev–Trinajstić information content (AvgIpc) is 2.81. The van der Waals surface area contributed by atoms with Crippen LogP contribution in [0.4, 0.5) is 17.6 Å². The molecule has 2 aromatic heterocycles. The smallest absolute Gasteiger partial charge is 0.358 e. The molecule has 5 nitrogen and oxygen atoms in total. The molecule has 0 saturated carbocycles. The van der Waals surface area contributed by atoms with Crippen LogP contribution in [0.3, 0.4) is 0 Å². The maximum absolute atomic E-state index is 13.9. The number of aryl methyl sites for hydroxylation is 3. The summed E-state index contributed by atoms with van der Waals surface area (Å²) in [6.45, 7) is 3.49. The number of hydrogen-bond donors (Lipinski definition) is 2. The molecule has 0 aliphatic heterocycles. The Bertz CT molecular complexity index is 1120. The molecule has 1 unspecified atom stereocenters. The van der Waals surface area contributed by atoms with Gasteiger partial charge in [0, 0.05) is 31.2 Å². The lowest BCUT2D eigenvalue weighted by Crippen LogP contribution is -2.38. The van der Waals surface area contributed by atoms with Crippen LogP contribution in [-0.4, -0.2) is 22.9 Å². The summed E-state index contributed by atoms with van der Waals surface area (Å²) in [6, 6.07) is 9.52. The monoisotopic (exact) mass is 474 g/mol. The van der Waals surface area contributed by atoms with Gasteiger partial charge in [0.05, 0.1) is 0 Å². The molecule has 0 saturated heterocycles. The normalized spacial score (nSPS) is 13.4. The SMILES string of the molecule is CNC(=O)[C@@H](NC(CCc1ccc(C(F)(F)F)nc1)c1ccc(F)c(C)c1)c1ccc(C)nc1. The molecule has 3 rings (SSSR count). The fraction of sp³-hybridized carbons (Fsp3) is 0.320. The molecule has 2 N–H and O–H groups in total. The highest BCUT2D eigenvalue weighted by Gasteiger charge is 2.32. The first kappa shape index (κ1) is 25.3. The van der Waals surface area contributed by atoms with Crippen LogP contribution in [-0.2, 0) is 17.4 Å². The Morgan fingerprint density at radius 3 is 2.29 bits per heavy atom. The molecular formula is C25H26F4N4O. The van der Waals surface area contributed by atoms with Crippen LogP contribution in [0.15, 0.2) is 54.9 Å². The lowest BCUT2D eigenvalue weighted by Gasteiger charge is -2.26. The maximum Gasteiger partial charge on any atom is 0.433 e. The van der Waals surface area contributed by atoms with Gasteiger partial charge in [-0.1, -0.05) is 24.3 Å². The van der Waals surface area contributed by atoms with Crippen molar-refractivity contribution in [3.63, 3.8) is 0 Å². The molecular weight excluding hydrogens is 448 g/mol. The van der Waals surface area contributed by atoms with Gasteiger partial charge in [0.15, 0.2) is 0 Å². The second kappa shape index (κ2) is 10.7. The highest BCUT2D eigenvalue weighted by molar-refractivity contribution is 5.82. The van der Waals surface area contributed by atoms with Crippen molar-refractivity contribution in [2.75, 3.05) is 7.05 Å². The van der Waals surface area contributed by atoms with E-state index in [9.17, 15) is 22.4 Å². The summed E-state index contributed by atoms with van der Waals surface area (Å²) in [4.78, 5) is 20.5. The third kappa shape index (κ3) is 6.38. The second-order valence-electron chi connectivity index (χ2n) is 8.10. The van der Waals surface area contributed by atoms with Gasteiger partial charge in [-0.05, 0) is 67.1 Å². The third-order valence-corrected chi connectivity index (χ3v) is 5.57. The topological polar surface area (TPSA) is 66.9 Å². The number of amides is 1. The molecule has 180 valence electrons. The van der Waals surface area contributed by atoms with E-state index < -0.39 is 24.0 Å². The number of pyridine rings is 2. The Labute approximate surface area is 195 Å². The number of likely N-dealkylation sites (N-methyl/N-ethyl adjacent to an activating group) is 1. The minimum atomic E-state index is -4.50. The first-order valence-electron chi connectivity index (χ1n) is 10.8. The van der Waals surface area contributed by atoms with Crippen LogP contribution >= 0.6 is 0 Å². The third-order valence-electron chi connectivity index (χ3n) is 5.57. The highest BCUT2D eigenvalue weighted by atomic mass is 19.4. The van der Waals surface area contributed by atoms with Gasteiger partial charge >= 0.3 is 6.18 Å².